The summed E-state index contributed by atoms with van der Waals surface area (Å²) in [5, 5.41) is 12.2. The highest BCUT2D eigenvalue weighted by molar-refractivity contribution is 6.06. The Balaban J connectivity index is 0.985. The number of ether oxygens (including phenoxy) is 3. The SMILES string of the molecule is C[C@H]1[C@@H](Cn2cnc3ccccc32)O[C@@H](c2ccc(-c3ccccc3CN3C(=O)CC(NC(=O)OCc4ccccc4)C3=O)cc2)O[C@H]1c1ccc(CO)cc1. The first-order valence-corrected chi connectivity index (χ1v) is 18.7. The van der Waals surface area contributed by atoms with Crippen molar-refractivity contribution < 1.29 is 33.7 Å². The summed E-state index contributed by atoms with van der Waals surface area (Å²) in [5.41, 5.74) is 7.98. The molecule has 8 rings (SSSR count). The van der Waals surface area contributed by atoms with E-state index in [1.807, 2.05) is 128 Å². The Kier molecular flexibility index (Phi) is 10.7. The van der Waals surface area contributed by atoms with Gasteiger partial charge in [-0.15, -0.1) is 0 Å². The van der Waals surface area contributed by atoms with Crippen LogP contribution in [0.2, 0.25) is 0 Å². The number of aromatic nitrogens is 2. The normalized spacial score (nSPS) is 21.0. The van der Waals surface area contributed by atoms with E-state index in [-0.39, 0.29) is 50.2 Å². The first-order valence-electron chi connectivity index (χ1n) is 18.7. The summed E-state index contributed by atoms with van der Waals surface area (Å²) >= 11 is 0. The number of rotatable bonds is 11. The number of hydrogen-bond donors (Lipinski definition) is 2. The number of likely N-dealkylation sites (tertiary alicyclic amines) is 1. The molecule has 5 atom stereocenters. The van der Waals surface area contributed by atoms with E-state index in [1.54, 1.807) is 0 Å². The summed E-state index contributed by atoms with van der Waals surface area (Å²) in [6.07, 6.45) is -0.198. The summed E-state index contributed by atoms with van der Waals surface area (Å²) in [6, 6.07) is 39.7. The van der Waals surface area contributed by atoms with Gasteiger partial charge < -0.3 is 29.2 Å². The van der Waals surface area contributed by atoms with Crippen molar-refractivity contribution in [1.82, 2.24) is 19.8 Å². The molecule has 0 radical (unpaired) electrons. The minimum atomic E-state index is -0.997. The lowest BCUT2D eigenvalue weighted by Gasteiger charge is -2.41. The number of hydrogen-bond acceptors (Lipinski definition) is 8. The van der Waals surface area contributed by atoms with Crippen LogP contribution in [0.4, 0.5) is 4.79 Å². The smallest absolute Gasteiger partial charge is 0.408 e. The van der Waals surface area contributed by atoms with Gasteiger partial charge >= 0.3 is 6.09 Å². The molecule has 0 aliphatic carbocycles. The average molecular weight is 751 g/mol. The molecular weight excluding hydrogens is 709 g/mol. The van der Waals surface area contributed by atoms with Crippen LogP contribution < -0.4 is 5.32 Å². The van der Waals surface area contributed by atoms with Crippen LogP contribution in [0.3, 0.4) is 0 Å². The first-order chi connectivity index (χ1) is 27.3. The Bertz CT molecular complexity index is 2330. The maximum Gasteiger partial charge on any atom is 0.408 e. The molecule has 56 heavy (non-hydrogen) atoms. The van der Waals surface area contributed by atoms with Crippen LogP contribution in [0.1, 0.15) is 53.6 Å². The van der Waals surface area contributed by atoms with Crippen LogP contribution in [-0.2, 0) is 50.1 Å². The quantitative estimate of drug-likeness (QED) is 0.133. The van der Waals surface area contributed by atoms with Gasteiger partial charge in [-0.25, -0.2) is 9.78 Å². The van der Waals surface area contributed by atoms with Gasteiger partial charge in [-0.3, -0.25) is 14.5 Å². The summed E-state index contributed by atoms with van der Waals surface area (Å²) < 4.78 is 20.8. The number of nitrogens with zero attached hydrogens (tertiary/aromatic N) is 3. The third-order valence-electron chi connectivity index (χ3n) is 10.6. The van der Waals surface area contributed by atoms with Gasteiger partial charge in [0.2, 0.25) is 5.91 Å². The number of benzene rings is 5. The van der Waals surface area contributed by atoms with E-state index in [0.717, 1.165) is 50.0 Å². The molecule has 2 N–H and O–H groups in total. The number of aliphatic hydroxyl groups excluding tert-OH is 1. The molecule has 11 heteroatoms. The second kappa shape index (κ2) is 16.3. The number of aliphatic hydroxyl groups is 1. The Morgan fingerprint density at radius 2 is 1.55 bits per heavy atom. The fraction of sp³-hybridized carbons (Fsp3) is 0.244. The number of imidazole rings is 1. The number of alkyl carbamates (subject to hydrolysis) is 1. The Morgan fingerprint density at radius 3 is 2.34 bits per heavy atom. The van der Waals surface area contributed by atoms with Crippen molar-refractivity contribution in [2.24, 2.45) is 5.92 Å². The first kappa shape index (κ1) is 36.8. The largest absolute Gasteiger partial charge is 0.445 e. The Hall–Kier alpha value is -6.14. The average Bonchev–Trinajstić information content (AvgIpc) is 3.76. The van der Waals surface area contributed by atoms with E-state index in [1.165, 1.54) is 4.90 Å². The van der Waals surface area contributed by atoms with Crippen LogP contribution >= 0.6 is 0 Å². The van der Waals surface area contributed by atoms with Crippen LogP contribution in [-0.4, -0.2) is 49.6 Å². The minimum absolute atomic E-state index is 0.00993. The molecule has 1 unspecified atom stereocenters. The molecule has 11 nitrogen and oxygen atoms in total. The molecular formula is C45H42N4O7. The third-order valence-corrected chi connectivity index (χ3v) is 10.6. The maximum atomic E-state index is 13.4. The minimum Gasteiger partial charge on any atom is -0.445 e. The van der Waals surface area contributed by atoms with Crippen LogP contribution in [0, 0.1) is 5.92 Å². The number of amides is 3. The van der Waals surface area contributed by atoms with Crippen LogP contribution in [0.5, 0.6) is 0 Å². The molecule has 2 aliphatic rings. The molecule has 6 aromatic rings. The van der Waals surface area contributed by atoms with Crippen molar-refractivity contribution >= 4 is 28.9 Å². The zero-order valence-electron chi connectivity index (χ0n) is 30.9. The van der Waals surface area contributed by atoms with Crippen molar-refractivity contribution in [2.75, 3.05) is 0 Å². The summed E-state index contributed by atoms with van der Waals surface area (Å²) in [5.74, 6) is -0.853. The predicted octanol–water partition coefficient (Wildman–Crippen LogP) is 7.24. The molecule has 0 saturated carbocycles. The molecule has 284 valence electrons. The predicted molar refractivity (Wildman–Crippen MR) is 208 cm³/mol. The number of imide groups is 1. The van der Waals surface area contributed by atoms with Crippen molar-refractivity contribution in [1.29, 1.82) is 0 Å². The highest BCUT2D eigenvalue weighted by Gasteiger charge is 2.41. The standard InChI is InChI=1S/C45H42N4O7/c1-29-40(25-48-28-46-37-13-7-8-14-39(37)48)55-44(56-42(29)33-17-15-30(26-50)16-18-33)34-21-19-32(20-22-34)36-12-6-5-11-35(36)24-49-41(51)23-38(43(49)52)47-45(53)54-27-31-9-3-2-4-10-31/h2-22,28-29,38,40,42,44,50H,23-27H2,1H3,(H,47,53)/t29-,38?,40+,42+,44+/m0/s1. The summed E-state index contributed by atoms with van der Waals surface area (Å²) in [7, 11) is 0. The molecule has 2 fully saturated rings. The molecule has 0 bridgehead atoms. The van der Waals surface area contributed by atoms with E-state index >= 15 is 0 Å². The number of carbonyl (C=O) groups excluding carboxylic acids is 3. The maximum absolute atomic E-state index is 13.4. The molecule has 1 aromatic heterocycles. The van der Waals surface area contributed by atoms with Gasteiger partial charge in [0, 0.05) is 11.5 Å². The van der Waals surface area contributed by atoms with E-state index in [9.17, 15) is 19.5 Å². The topological polar surface area (TPSA) is 132 Å². The number of para-hydroxylation sites is 2. The second-order valence-corrected chi connectivity index (χ2v) is 14.3. The van der Waals surface area contributed by atoms with Gasteiger partial charge in [-0.1, -0.05) is 122 Å². The van der Waals surface area contributed by atoms with Crippen molar-refractivity contribution in [2.45, 2.75) is 64.2 Å². The Labute approximate surface area is 324 Å². The fourth-order valence-corrected chi connectivity index (χ4v) is 7.48. The van der Waals surface area contributed by atoms with Gasteiger partial charge in [-0.2, -0.15) is 0 Å². The molecule has 0 spiro atoms. The van der Waals surface area contributed by atoms with Crippen molar-refractivity contribution in [3.63, 3.8) is 0 Å². The lowest BCUT2D eigenvalue weighted by atomic mass is 9.90. The highest BCUT2D eigenvalue weighted by atomic mass is 16.7. The van der Waals surface area contributed by atoms with Crippen molar-refractivity contribution in [3.05, 3.63) is 162 Å². The third kappa shape index (κ3) is 7.83. The van der Waals surface area contributed by atoms with E-state index in [0.29, 0.717) is 6.54 Å². The van der Waals surface area contributed by atoms with E-state index in [4.69, 9.17) is 14.2 Å². The monoisotopic (exact) mass is 750 g/mol. The lowest BCUT2D eigenvalue weighted by molar-refractivity contribution is -0.276. The van der Waals surface area contributed by atoms with Gasteiger partial charge in [0.15, 0.2) is 6.29 Å². The van der Waals surface area contributed by atoms with E-state index in [2.05, 4.69) is 27.9 Å². The zero-order chi connectivity index (χ0) is 38.6. The van der Waals surface area contributed by atoms with Crippen LogP contribution in [0.15, 0.2) is 134 Å². The van der Waals surface area contributed by atoms with Gasteiger partial charge in [0.05, 0.1) is 55.7 Å². The molecule has 2 aliphatic heterocycles. The summed E-state index contributed by atoms with van der Waals surface area (Å²) in [6.45, 7) is 2.79. The number of nitrogens with one attached hydrogen (secondary N) is 1. The zero-order valence-corrected chi connectivity index (χ0v) is 30.9. The van der Waals surface area contributed by atoms with Gasteiger partial charge in [-0.05, 0) is 45.5 Å². The van der Waals surface area contributed by atoms with Gasteiger partial charge in [0.1, 0.15) is 12.6 Å². The number of carbonyl (C=O) groups is 3. The highest BCUT2D eigenvalue weighted by Crippen LogP contribution is 2.43. The second-order valence-electron chi connectivity index (χ2n) is 14.3. The Morgan fingerprint density at radius 1 is 0.839 bits per heavy atom. The lowest BCUT2D eigenvalue weighted by Crippen LogP contribution is -2.41. The molecule has 5 aromatic carbocycles. The fourth-order valence-electron chi connectivity index (χ4n) is 7.48. The summed E-state index contributed by atoms with van der Waals surface area (Å²) in [4.78, 5) is 44.7. The van der Waals surface area contributed by atoms with Gasteiger partial charge in [0.25, 0.3) is 5.91 Å². The molecule has 2 saturated heterocycles. The molecule has 3 heterocycles. The van der Waals surface area contributed by atoms with E-state index < -0.39 is 24.3 Å². The van der Waals surface area contributed by atoms with Crippen molar-refractivity contribution in [3.8, 4) is 11.1 Å². The number of fused-ring (bicyclic) bond motifs is 1. The molecule has 3 amide bonds. The van der Waals surface area contributed by atoms with Crippen LogP contribution in [0.25, 0.3) is 22.2 Å².